The van der Waals surface area contributed by atoms with Crippen molar-refractivity contribution in [2.24, 2.45) is 0 Å². The van der Waals surface area contributed by atoms with E-state index in [1.54, 1.807) is 24.3 Å². The molecular weight excluding hydrogens is 343 g/mol. The van der Waals surface area contributed by atoms with Crippen LogP contribution in [0.1, 0.15) is 5.56 Å². The zero-order valence-corrected chi connectivity index (χ0v) is 13.3. The van der Waals surface area contributed by atoms with E-state index in [0.717, 1.165) is 0 Å². The van der Waals surface area contributed by atoms with Gasteiger partial charge in [0.2, 0.25) is 0 Å². The van der Waals surface area contributed by atoms with E-state index in [2.05, 4.69) is 5.32 Å². The summed E-state index contributed by atoms with van der Waals surface area (Å²) < 4.78 is 5.19. The van der Waals surface area contributed by atoms with Crippen molar-refractivity contribution in [1.29, 1.82) is 0 Å². The van der Waals surface area contributed by atoms with Crippen LogP contribution < -0.4 is 10.1 Å². The van der Waals surface area contributed by atoms with E-state index in [1.807, 2.05) is 0 Å². The van der Waals surface area contributed by atoms with Crippen molar-refractivity contribution >= 4 is 34.8 Å². The molecule has 0 spiro atoms. The number of para-hydroxylation sites is 2. The molecule has 120 valence electrons. The van der Waals surface area contributed by atoms with Crippen LogP contribution in [0.15, 0.2) is 42.5 Å². The van der Waals surface area contributed by atoms with Crippen molar-refractivity contribution in [3.63, 3.8) is 0 Å². The fourth-order valence-electron chi connectivity index (χ4n) is 1.78. The fourth-order valence-corrected chi connectivity index (χ4v) is 2.26. The van der Waals surface area contributed by atoms with Gasteiger partial charge in [-0.3, -0.25) is 14.9 Å². The Labute approximate surface area is 142 Å². The molecule has 0 fully saturated rings. The zero-order chi connectivity index (χ0) is 16.8. The minimum atomic E-state index is -0.569. The summed E-state index contributed by atoms with van der Waals surface area (Å²) >= 11 is 11.8. The molecule has 1 N–H and O–H groups in total. The molecule has 1 amide bonds. The van der Waals surface area contributed by atoms with Gasteiger partial charge in [-0.25, -0.2) is 0 Å². The Morgan fingerprint density at radius 2 is 1.96 bits per heavy atom. The summed E-state index contributed by atoms with van der Waals surface area (Å²) in [5, 5.41) is 14.4. The smallest absolute Gasteiger partial charge is 0.310 e. The van der Waals surface area contributed by atoms with E-state index in [0.29, 0.717) is 15.6 Å². The number of benzene rings is 2. The van der Waals surface area contributed by atoms with E-state index in [1.165, 1.54) is 18.2 Å². The third-order valence-electron chi connectivity index (χ3n) is 2.91. The van der Waals surface area contributed by atoms with Crippen LogP contribution in [0.4, 0.5) is 5.69 Å². The van der Waals surface area contributed by atoms with Crippen LogP contribution in [-0.4, -0.2) is 17.4 Å². The Kier molecular flexibility index (Phi) is 5.78. The van der Waals surface area contributed by atoms with Gasteiger partial charge in [0.1, 0.15) is 0 Å². The summed E-state index contributed by atoms with van der Waals surface area (Å²) in [4.78, 5) is 22.0. The number of hydrogen-bond donors (Lipinski definition) is 1. The second-order valence-electron chi connectivity index (χ2n) is 4.53. The molecule has 0 saturated carbocycles. The molecule has 2 aromatic carbocycles. The number of amides is 1. The Bertz CT molecular complexity index is 737. The summed E-state index contributed by atoms with van der Waals surface area (Å²) in [7, 11) is 0. The second-order valence-corrected chi connectivity index (χ2v) is 5.37. The molecule has 0 aromatic heterocycles. The molecule has 0 radical (unpaired) electrons. The number of nitro benzene ring substituents is 1. The van der Waals surface area contributed by atoms with Gasteiger partial charge in [0.15, 0.2) is 12.4 Å². The lowest BCUT2D eigenvalue weighted by Crippen LogP contribution is -2.28. The third kappa shape index (κ3) is 4.84. The van der Waals surface area contributed by atoms with Gasteiger partial charge in [0, 0.05) is 22.7 Å². The molecule has 0 bridgehead atoms. The molecule has 6 nitrogen and oxygen atoms in total. The Hall–Kier alpha value is -2.31. The van der Waals surface area contributed by atoms with Crippen LogP contribution in [0.5, 0.6) is 5.75 Å². The Morgan fingerprint density at radius 1 is 1.22 bits per heavy atom. The topological polar surface area (TPSA) is 81.5 Å². The Morgan fingerprint density at radius 3 is 2.65 bits per heavy atom. The monoisotopic (exact) mass is 354 g/mol. The molecular formula is C15H12Cl2N2O4. The maximum absolute atomic E-state index is 11.8. The number of hydrogen-bond acceptors (Lipinski definition) is 4. The maximum atomic E-state index is 11.8. The number of carbonyl (C=O) groups excluding carboxylic acids is 1. The predicted molar refractivity (Wildman–Crippen MR) is 86.9 cm³/mol. The van der Waals surface area contributed by atoms with Crippen LogP contribution in [-0.2, 0) is 11.3 Å². The van der Waals surface area contributed by atoms with E-state index < -0.39 is 10.8 Å². The molecule has 0 heterocycles. The number of nitro groups is 1. The first-order chi connectivity index (χ1) is 11.0. The lowest BCUT2D eigenvalue weighted by atomic mass is 10.2. The van der Waals surface area contributed by atoms with E-state index >= 15 is 0 Å². The van der Waals surface area contributed by atoms with Gasteiger partial charge in [-0.2, -0.15) is 0 Å². The molecule has 0 unspecified atom stereocenters. The lowest BCUT2D eigenvalue weighted by molar-refractivity contribution is -0.385. The normalized spacial score (nSPS) is 10.2. The number of carbonyl (C=O) groups is 1. The minimum absolute atomic E-state index is 0.0391. The van der Waals surface area contributed by atoms with Gasteiger partial charge in [0.05, 0.1) is 4.92 Å². The van der Waals surface area contributed by atoms with Gasteiger partial charge in [-0.1, -0.05) is 41.4 Å². The largest absolute Gasteiger partial charge is 0.477 e. The first-order valence-electron chi connectivity index (χ1n) is 6.54. The fraction of sp³-hybridized carbons (Fsp3) is 0.133. The van der Waals surface area contributed by atoms with E-state index in [-0.39, 0.29) is 24.6 Å². The van der Waals surface area contributed by atoms with Crippen LogP contribution in [0, 0.1) is 10.1 Å². The molecule has 0 aliphatic rings. The maximum Gasteiger partial charge on any atom is 0.310 e. The van der Waals surface area contributed by atoms with Gasteiger partial charge in [0.25, 0.3) is 5.91 Å². The highest BCUT2D eigenvalue weighted by molar-refractivity contribution is 6.35. The number of nitrogens with one attached hydrogen (secondary N) is 1. The predicted octanol–water partition coefficient (Wildman–Crippen LogP) is 3.60. The lowest BCUT2D eigenvalue weighted by Gasteiger charge is -2.09. The molecule has 0 atom stereocenters. The van der Waals surface area contributed by atoms with Crippen LogP contribution in [0.2, 0.25) is 10.0 Å². The van der Waals surface area contributed by atoms with Gasteiger partial charge in [-0.15, -0.1) is 0 Å². The second kappa shape index (κ2) is 7.80. The summed E-state index contributed by atoms with van der Waals surface area (Å²) in [6.45, 7) is -0.134. The Balaban J connectivity index is 1.90. The molecule has 0 saturated heterocycles. The first kappa shape index (κ1) is 17.1. The van der Waals surface area contributed by atoms with Crippen LogP contribution in [0.25, 0.3) is 0 Å². The number of ether oxygens (including phenoxy) is 1. The van der Waals surface area contributed by atoms with Crippen LogP contribution >= 0.6 is 23.2 Å². The molecule has 8 heteroatoms. The van der Waals surface area contributed by atoms with Gasteiger partial charge >= 0.3 is 5.69 Å². The van der Waals surface area contributed by atoms with Crippen molar-refractivity contribution < 1.29 is 14.5 Å². The standard InChI is InChI=1S/C15H12Cl2N2O4/c16-11-6-5-10(12(17)7-11)8-18-15(20)9-23-14-4-2-1-3-13(14)19(21)22/h1-7H,8-9H2,(H,18,20). The van der Waals surface area contributed by atoms with Crippen molar-refractivity contribution in [3.05, 3.63) is 68.2 Å². The first-order valence-corrected chi connectivity index (χ1v) is 7.30. The summed E-state index contributed by atoms with van der Waals surface area (Å²) in [5.41, 5.74) is 0.510. The SMILES string of the molecule is O=C(COc1ccccc1[N+](=O)[O-])NCc1ccc(Cl)cc1Cl. The highest BCUT2D eigenvalue weighted by Gasteiger charge is 2.14. The third-order valence-corrected chi connectivity index (χ3v) is 3.50. The highest BCUT2D eigenvalue weighted by Crippen LogP contribution is 2.25. The van der Waals surface area contributed by atoms with Crippen LogP contribution in [0.3, 0.4) is 0 Å². The molecule has 0 aliphatic heterocycles. The average Bonchev–Trinajstić information content (AvgIpc) is 2.52. The van der Waals surface area contributed by atoms with Gasteiger partial charge in [-0.05, 0) is 23.8 Å². The summed E-state index contributed by atoms with van der Waals surface area (Å²) in [5.74, 6) is -0.383. The number of halogens is 2. The molecule has 2 rings (SSSR count). The molecule has 2 aromatic rings. The van der Waals surface area contributed by atoms with Crippen molar-refractivity contribution in [2.45, 2.75) is 6.54 Å². The summed E-state index contributed by atoms with van der Waals surface area (Å²) in [6.07, 6.45) is 0. The number of rotatable bonds is 6. The van der Waals surface area contributed by atoms with Crippen molar-refractivity contribution in [3.8, 4) is 5.75 Å². The molecule has 0 aliphatic carbocycles. The quantitative estimate of drug-likeness (QED) is 0.634. The minimum Gasteiger partial charge on any atom is -0.477 e. The van der Waals surface area contributed by atoms with Crippen molar-refractivity contribution in [2.75, 3.05) is 6.61 Å². The molecule has 23 heavy (non-hydrogen) atoms. The van der Waals surface area contributed by atoms with E-state index in [9.17, 15) is 14.9 Å². The van der Waals surface area contributed by atoms with Crippen molar-refractivity contribution in [1.82, 2.24) is 5.32 Å². The zero-order valence-electron chi connectivity index (χ0n) is 11.8. The van der Waals surface area contributed by atoms with E-state index in [4.69, 9.17) is 27.9 Å². The summed E-state index contributed by atoms with van der Waals surface area (Å²) in [6, 6.07) is 10.8. The number of nitrogens with zero attached hydrogens (tertiary/aromatic N) is 1. The highest BCUT2D eigenvalue weighted by atomic mass is 35.5. The average molecular weight is 355 g/mol. The van der Waals surface area contributed by atoms with Gasteiger partial charge < -0.3 is 10.1 Å².